The van der Waals surface area contributed by atoms with Gasteiger partial charge in [-0.1, -0.05) is 0 Å². The van der Waals surface area contributed by atoms with Crippen molar-refractivity contribution in [1.29, 1.82) is 0 Å². The van der Waals surface area contributed by atoms with Gasteiger partial charge >= 0.3 is 0 Å². The normalized spacial score (nSPS) is 14.1. The number of rotatable bonds is 7. The van der Waals surface area contributed by atoms with E-state index in [9.17, 15) is 9.59 Å². The largest absolute Gasteiger partial charge is 0.497 e. The predicted molar refractivity (Wildman–Crippen MR) is 95.6 cm³/mol. The smallest absolute Gasteiger partial charge is 0.243 e. The molecule has 0 radical (unpaired) electrons. The van der Waals surface area contributed by atoms with Crippen LogP contribution in [0.2, 0.25) is 0 Å². The Labute approximate surface area is 151 Å². The molecule has 2 aromatic rings. The van der Waals surface area contributed by atoms with E-state index in [0.717, 1.165) is 17.0 Å². The van der Waals surface area contributed by atoms with E-state index in [-0.39, 0.29) is 24.8 Å². The first-order valence-electron chi connectivity index (χ1n) is 8.47. The fraction of sp³-hybridized carbons (Fsp3) is 0.316. The zero-order valence-corrected chi connectivity index (χ0v) is 14.6. The lowest BCUT2D eigenvalue weighted by Crippen LogP contribution is -2.35. The molecule has 0 saturated carbocycles. The minimum atomic E-state index is -0.152. The minimum absolute atomic E-state index is 0.0684. The highest BCUT2D eigenvalue weighted by Gasteiger charge is 2.21. The number of ether oxygens (including phenoxy) is 1. The van der Waals surface area contributed by atoms with Gasteiger partial charge in [-0.25, -0.2) is 5.01 Å². The van der Waals surface area contributed by atoms with E-state index in [4.69, 9.17) is 9.15 Å². The van der Waals surface area contributed by atoms with Crippen LogP contribution in [0.5, 0.6) is 5.75 Å². The number of furan rings is 1. The van der Waals surface area contributed by atoms with Crippen LogP contribution in [0.3, 0.4) is 0 Å². The molecular weight excluding hydrogens is 334 g/mol. The number of nitrogens with zero attached hydrogens (tertiary/aromatic N) is 2. The van der Waals surface area contributed by atoms with Crippen LogP contribution in [0.25, 0.3) is 0 Å². The second-order valence-electron chi connectivity index (χ2n) is 5.90. The number of amides is 2. The second kappa shape index (κ2) is 8.33. The summed E-state index contributed by atoms with van der Waals surface area (Å²) in [5.41, 5.74) is 1.79. The fourth-order valence-electron chi connectivity index (χ4n) is 2.66. The van der Waals surface area contributed by atoms with Gasteiger partial charge in [0.25, 0.3) is 0 Å². The topological polar surface area (TPSA) is 84.1 Å². The van der Waals surface area contributed by atoms with Gasteiger partial charge in [0.15, 0.2) is 0 Å². The van der Waals surface area contributed by atoms with Crippen molar-refractivity contribution in [2.45, 2.75) is 25.8 Å². The van der Waals surface area contributed by atoms with Crippen molar-refractivity contribution in [2.24, 2.45) is 5.10 Å². The van der Waals surface area contributed by atoms with Gasteiger partial charge < -0.3 is 14.5 Å². The Hall–Kier alpha value is -3.09. The summed E-state index contributed by atoms with van der Waals surface area (Å²) in [6, 6.07) is 11.1. The van der Waals surface area contributed by atoms with Gasteiger partial charge in [0.05, 0.1) is 32.2 Å². The van der Waals surface area contributed by atoms with Gasteiger partial charge in [0.1, 0.15) is 11.5 Å². The molecule has 0 spiro atoms. The molecule has 1 N–H and O–H groups in total. The van der Waals surface area contributed by atoms with Crippen LogP contribution in [0.1, 0.15) is 30.6 Å². The molecule has 2 amide bonds. The Kier molecular flexibility index (Phi) is 5.68. The van der Waals surface area contributed by atoms with Crippen molar-refractivity contribution in [3.63, 3.8) is 0 Å². The van der Waals surface area contributed by atoms with E-state index in [1.165, 1.54) is 5.01 Å². The summed E-state index contributed by atoms with van der Waals surface area (Å²) >= 11 is 0. The Morgan fingerprint density at radius 3 is 2.77 bits per heavy atom. The molecule has 136 valence electrons. The van der Waals surface area contributed by atoms with E-state index < -0.39 is 0 Å². The quantitative estimate of drug-likeness (QED) is 0.826. The summed E-state index contributed by atoms with van der Waals surface area (Å²) in [6.07, 6.45) is 2.72. The Bertz CT molecular complexity index is 782. The van der Waals surface area contributed by atoms with Gasteiger partial charge in [-0.05, 0) is 42.0 Å². The van der Waals surface area contributed by atoms with Crippen molar-refractivity contribution in [3.8, 4) is 5.75 Å². The standard InChI is InChI=1S/C19H21N3O4/c1-25-15-6-4-14(5-7-15)17-8-9-19(24)22(21-17)11-10-18(23)20-13-16-3-2-12-26-16/h2-7,12H,8-11,13H2,1H3,(H,20,23). The second-order valence-corrected chi connectivity index (χ2v) is 5.90. The average Bonchev–Trinajstić information content (AvgIpc) is 3.19. The Balaban J connectivity index is 1.56. The maximum atomic E-state index is 12.1. The highest BCUT2D eigenvalue weighted by Crippen LogP contribution is 2.18. The van der Waals surface area contributed by atoms with E-state index in [1.807, 2.05) is 24.3 Å². The third-order valence-corrected chi connectivity index (χ3v) is 4.12. The summed E-state index contributed by atoms with van der Waals surface area (Å²) in [7, 11) is 1.62. The van der Waals surface area contributed by atoms with Crippen molar-refractivity contribution >= 4 is 17.5 Å². The number of benzene rings is 1. The van der Waals surface area contributed by atoms with Crippen LogP contribution in [0.15, 0.2) is 52.2 Å². The number of hydrazone groups is 1. The highest BCUT2D eigenvalue weighted by molar-refractivity contribution is 6.04. The summed E-state index contributed by atoms with van der Waals surface area (Å²) in [6.45, 7) is 0.586. The summed E-state index contributed by atoms with van der Waals surface area (Å²) < 4.78 is 10.3. The zero-order chi connectivity index (χ0) is 18.4. The van der Waals surface area contributed by atoms with Crippen LogP contribution in [0.4, 0.5) is 0 Å². The van der Waals surface area contributed by atoms with Crippen LogP contribution in [-0.4, -0.2) is 36.2 Å². The average molecular weight is 355 g/mol. The molecule has 1 aromatic carbocycles. The van der Waals surface area contributed by atoms with Crippen LogP contribution in [0, 0.1) is 0 Å². The van der Waals surface area contributed by atoms with E-state index in [1.54, 1.807) is 25.5 Å². The zero-order valence-electron chi connectivity index (χ0n) is 14.6. The molecule has 1 aliphatic rings. The Morgan fingerprint density at radius 1 is 1.27 bits per heavy atom. The molecule has 26 heavy (non-hydrogen) atoms. The number of hydrogen-bond donors (Lipinski definition) is 1. The number of carbonyl (C=O) groups excluding carboxylic acids is 2. The molecule has 0 fully saturated rings. The van der Waals surface area contributed by atoms with Crippen LogP contribution < -0.4 is 10.1 Å². The van der Waals surface area contributed by atoms with Gasteiger partial charge in [0, 0.05) is 19.3 Å². The molecule has 7 nitrogen and oxygen atoms in total. The molecular formula is C19H21N3O4. The van der Waals surface area contributed by atoms with Gasteiger partial charge in [-0.15, -0.1) is 0 Å². The summed E-state index contributed by atoms with van der Waals surface area (Å²) in [4.78, 5) is 24.0. The number of nitrogens with one attached hydrogen (secondary N) is 1. The first-order chi connectivity index (χ1) is 12.7. The molecule has 2 heterocycles. The number of hydrogen-bond acceptors (Lipinski definition) is 5. The molecule has 0 aliphatic carbocycles. The lowest BCUT2D eigenvalue weighted by Gasteiger charge is -2.23. The van der Waals surface area contributed by atoms with Crippen molar-refractivity contribution in [3.05, 3.63) is 54.0 Å². The molecule has 1 aromatic heterocycles. The van der Waals surface area contributed by atoms with E-state index >= 15 is 0 Å². The SMILES string of the molecule is COc1ccc(C2=NN(CCC(=O)NCc3ccco3)C(=O)CC2)cc1. The molecule has 3 rings (SSSR count). The van der Waals surface area contributed by atoms with Crippen molar-refractivity contribution < 1.29 is 18.7 Å². The number of carbonyl (C=O) groups is 2. The van der Waals surface area contributed by atoms with Gasteiger partial charge in [-0.3, -0.25) is 9.59 Å². The van der Waals surface area contributed by atoms with Gasteiger partial charge in [-0.2, -0.15) is 5.10 Å². The molecule has 1 aliphatic heterocycles. The first-order valence-corrected chi connectivity index (χ1v) is 8.47. The number of methoxy groups -OCH3 is 1. The first kappa shape index (κ1) is 17.7. The maximum absolute atomic E-state index is 12.1. The van der Waals surface area contributed by atoms with Crippen molar-refractivity contribution in [2.75, 3.05) is 13.7 Å². The highest BCUT2D eigenvalue weighted by atomic mass is 16.5. The monoisotopic (exact) mass is 355 g/mol. The fourth-order valence-corrected chi connectivity index (χ4v) is 2.66. The predicted octanol–water partition coefficient (Wildman–Crippen LogP) is 2.32. The molecule has 0 unspecified atom stereocenters. The van der Waals surface area contributed by atoms with Gasteiger partial charge in [0.2, 0.25) is 11.8 Å². The van der Waals surface area contributed by atoms with Crippen molar-refractivity contribution in [1.82, 2.24) is 10.3 Å². The molecule has 7 heteroatoms. The molecule has 0 atom stereocenters. The minimum Gasteiger partial charge on any atom is -0.497 e. The van der Waals surface area contributed by atoms with Crippen LogP contribution >= 0.6 is 0 Å². The maximum Gasteiger partial charge on any atom is 0.243 e. The lowest BCUT2D eigenvalue weighted by molar-refractivity contribution is -0.132. The third-order valence-electron chi connectivity index (χ3n) is 4.12. The van der Waals surface area contributed by atoms with Crippen LogP contribution in [-0.2, 0) is 16.1 Å². The van der Waals surface area contributed by atoms with E-state index in [2.05, 4.69) is 10.4 Å². The third kappa shape index (κ3) is 4.50. The molecule has 0 saturated heterocycles. The lowest BCUT2D eigenvalue weighted by atomic mass is 10.0. The summed E-state index contributed by atoms with van der Waals surface area (Å²) in [5.74, 6) is 1.24. The summed E-state index contributed by atoms with van der Waals surface area (Å²) in [5, 5.41) is 8.58. The Morgan fingerprint density at radius 2 is 2.08 bits per heavy atom. The van der Waals surface area contributed by atoms with E-state index in [0.29, 0.717) is 25.1 Å². The molecule has 0 bridgehead atoms.